The lowest BCUT2D eigenvalue weighted by atomic mass is 10.1. The van der Waals surface area contributed by atoms with Crippen LogP contribution in [0.25, 0.3) is 10.9 Å². The van der Waals surface area contributed by atoms with E-state index in [0.717, 1.165) is 36.2 Å². The summed E-state index contributed by atoms with van der Waals surface area (Å²) in [6.07, 6.45) is 4.17. The molecule has 0 spiro atoms. The summed E-state index contributed by atoms with van der Waals surface area (Å²) < 4.78 is 5.69. The fraction of sp³-hybridized carbons (Fsp3) is 0.429. The molecule has 2 atom stereocenters. The van der Waals surface area contributed by atoms with Crippen molar-refractivity contribution in [3.63, 3.8) is 0 Å². The zero-order valence-corrected chi connectivity index (χ0v) is 10.5. The van der Waals surface area contributed by atoms with Gasteiger partial charge in [0.25, 0.3) is 0 Å². The molecule has 1 aliphatic heterocycles. The maximum Gasteiger partial charge on any atom is 0.137 e. The molecule has 1 N–H and O–H groups in total. The molecule has 1 fully saturated rings. The molecule has 1 aromatic heterocycles. The molecule has 1 saturated heterocycles. The second-order valence-electron chi connectivity index (χ2n) is 4.72. The Labute approximate surface area is 106 Å². The monoisotopic (exact) mass is 243 g/mol. The molecule has 4 nitrogen and oxygen atoms in total. The Hall–Kier alpha value is -1.68. The summed E-state index contributed by atoms with van der Waals surface area (Å²) in [5.41, 5.74) is 0.967. The number of rotatable bonds is 3. The Morgan fingerprint density at radius 1 is 1.33 bits per heavy atom. The molecule has 4 heteroatoms. The molecule has 3 rings (SSSR count). The average Bonchev–Trinajstić information content (AvgIpc) is 2.93. The van der Waals surface area contributed by atoms with E-state index in [1.165, 1.54) is 0 Å². The molecule has 94 valence electrons. The van der Waals surface area contributed by atoms with Gasteiger partial charge in [-0.05, 0) is 31.9 Å². The van der Waals surface area contributed by atoms with E-state index in [4.69, 9.17) is 4.74 Å². The molecule has 2 aromatic rings. The average molecular weight is 243 g/mol. The van der Waals surface area contributed by atoms with Gasteiger partial charge in [0.15, 0.2) is 0 Å². The Morgan fingerprint density at radius 3 is 3.06 bits per heavy atom. The summed E-state index contributed by atoms with van der Waals surface area (Å²) in [6, 6.07) is 8.31. The lowest BCUT2D eigenvalue weighted by Crippen LogP contribution is -2.30. The van der Waals surface area contributed by atoms with Crippen LogP contribution in [0.3, 0.4) is 0 Å². The first-order valence-electron chi connectivity index (χ1n) is 6.42. The van der Waals surface area contributed by atoms with E-state index < -0.39 is 0 Å². The van der Waals surface area contributed by atoms with Crippen LogP contribution in [-0.2, 0) is 4.74 Å². The summed E-state index contributed by atoms with van der Waals surface area (Å²) in [5.74, 6) is 0.892. The van der Waals surface area contributed by atoms with Crippen LogP contribution >= 0.6 is 0 Å². The second kappa shape index (κ2) is 4.90. The van der Waals surface area contributed by atoms with Gasteiger partial charge in [0.1, 0.15) is 12.1 Å². The standard InChI is InChI=1S/C14H17N3O/c1-10(13-7-4-8-18-13)17-14-11-5-2-3-6-12(11)15-9-16-14/h2-3,5-6,9-10,13H,4,7-8H2,1H3,(H,15,16,17)/t10-,13+/m0/s1. The molecule has 0 amide bonds. The van der Waals surface area contributed by atoms with Gasteiger partial charge in [-0.3, -0.25) is 0 Å². The summed E-state index contributed by atoms with van der Waals surface area (Å²) in [4.78, 5) is 8.60. The van der Waals surface area contributed by atoms with Crippen LogP contribution in [-0.4, -0.2) is 28.7 Å². The van der Waals surface area contributed by atoms with Crippen LogP contribution in [0.15, 0.2) is 30.6 Å². The maximum absolute atomic E-state index is 5.69. The lowest BCUT2D eigenvalue weighted by molar-refractivity contribution is 0.0996. The molecule has 0 saturated carbocycles. The van der Waals surface area contributed by atoms with E-state index >= 15 is 0 Å². The normalized spacial score (nSPS) is 21.1. The van der Waals surface area contributed by atoms with Gasteiger partial charge in [-0.2, -0.15) is 0 Å². The van der Waals surface area contributed by atoms with Crippen molar-refractivity contribution in [3.05, 3.63) is 30.6 Å². The van der Waals surface area contributed by atoms with Crippen molar-refractivity contribution in [1.29, 1.82) is 0 Å². The van der Waals surface area contributed by atoms with E-state index in [0.29, 0.717) is 6.10 Å². The van der Waals surface area contributed by atoms with Crippen molar-refractivity contribution in [2.24, 2.45) is 0 Å². The van der Waals surface area contributed by atoms with Crippen molar-refractivity contribution in [3.8, 4) is 0 Å². The lowest BCUT2D eigenvalue weighted by Gasteiger charge is -2.21. The molecule has 1 aliphatic rings. The van der Waals surface area contributed by atoms with E-state index in [2.05, 4.69) is 22.2 Å². The van der Waals surface area contributed by atoms with Crippen LogP contribution in [0.2, 0.25) is 0 Å². The van der Waals surface area contributed by atoms with Crippen LogP contribution in [0.4, 0.5) is 5.82 Å². The first-order valence-corrected chi connectivity index (χ1v) is 6.42. The first kappa shape index (κ1) is 11.4. The predicted octanol–water partition coefficient (Wildman–Crippen LogP) is 2.61. The van der Waals surface area contributed by atoms with Gasteiger partial charge in [-0.25, -0.2) is 9.97 Å². The number of fused-ring (bicyclic) bond motifs is 1. The Morgan fingerprint density at radius 2 is 2.22 bits per heavy atom. The van der Waals surface area contributed by atoms with Crippen molar-refractivity contribution in [1.82, 2.24) is 9.97 Å². The SMILES string of the molecule is C[C@H](Nc1ncnc2ccccc12)[C@H]1CCCO1. The molecular formula is C14H17N3O. The predicted molar refractivity (Wildman–Crippen MR) is 71.6 cm³/mol. The van der Waals surface area contributed by atoms with E-state index in [-0.39, 0.29) is 6.04 Å². The van der Waals surface area contributed by atoms with Crippen molar-refractivity contribution in [2.45, 2.75) is 31.9 Å². The molecule has 2 heterocycles. The summed E-state index contributed by atoms with van der Waals surface area (Å²) in [6.45, 7) is 3.02. The Kier molecular flexibility index (Phi) is 3.11. The number of para-hydroxylation sites is 1. The number of nitrogens with zero attached hydrogens (tertiary/aromatic N) is 2. The smallest absolute Gasteiger partial charge is 0.137 e. The van der Waals surface area contributed by atoms with Crippen LogP contribution in [0.1, 0.15) is 19.8 Å². The number of aromatic nitrogens is 2. The molecule has 18 heavy (non-hydrogen) atoms. The summed E-state index contributed by atoms with van der Waals surface area (Å²) in [5, 5.41) is 4.51. The largest absolute Gasteiger partial charge is 0.376 e. The maximum atomic E-state index is 5.69. The van der Waals surface area contributed by atoms with Gasteiger partial charge in [0.05, 0.1) is 17.7 Å². The summed E-state index contributed by atoms with van der Waals surface area (Å²) >= 11 is 0. The topological polar surface area (TPSA) is 47.0 Å². The number of hydrogen-bond donors (Lipinski definition) is 1. The molecule has 1 aromatic carbocycles. The third kappa shape index (κ3) is 2.16. The Bertz CT molecular complexity index is 532. The second-order valence-corrected chi connectivity index (χ2v) is 4.72. The molecule has 0 aliphatic carbocycles. The highest BCUT2D eigenvalue weighted by atomic mass is 16.5. The zero-order valence-electron chi connectivity index (χ0n) is 10.5. The van der Waals surface area contributed by atoms with Crippen LogP contribution < -0.4 is 5.32 Å². The van der Waals surface area contributed by atoms with E-state index in [1.54, 1.807) is 6.33 Å². The first-order chi connectivity index (χ1) is 8.84. The number of nitrogens with one attached hydrogen (secondary N) is 1. The fourth-order valence-corrected chi connectivity index (χ4v) is 2.43. The van der Waals surface area contributed by atoms with Crippen molar-refractivity contribution >= 4 is 16.7 Å². The van der Waals surface area contributed by atoms with Gasteiger partial charge in [-0.1, -0.05) is 12.1 Å². The van der Waals surface area contributed by atoms with Gasteiger partial charge in [-0.15, -0.1) is 0 Å². The number of anilines is 1. The van der Waals surface area contributed by atoms with Gasteiger partial charge >= 0.3 is 0 Å². The molecule has 0 radical (unpaired) electrons. The highest BCUT2D eigenvalue weighted by Gasteiger charge is 2.22. The van der Waals surface area contributed by atoms with E-state index in [9.17, 15) is 0 Å². The quantitative estimate of drug-likeness (QED) is 0.900. The van der Waals surface area contributed by atoms with Gasteiger partial charge in [0.2, 0.25) is 0 Å². The van der Waals surface area contributed by atoms with Crippen LogP contribution in [0.5, 0.6) is 0 Å². The van der Waals surface area contributed by atoms with Crippen molar-refractivity contribution in [2.75, 3.05) is 11.9 Å². The highest BCUT2D eigenvalue weighted by molar-refractivity contribution is 5.88. The fourth-order valence-electron chi connectivity index (χ4n) is 2.43. The summed E-state index contributed by atoms with van der Waals surface area (Å²) in [7, 11) is 0. The minimum Gasteiger partial charge on any atom is -0.376 e. The van der Waals surface area contributed by atoms with Crippen LogP contribution in [0, 0.1) is 0 Å². The number of ether oxygens (including phenoxy) is 1. The number of benzene rings is 1. The third-order valence-corrected chi connectivity index (χ3v) is 3.43. The molecule has 0 unspecified atom stereocenters. The van der Waals surface area contributed by atoms with Gasteiger partial charge < -0.3 is 10.1 Å². The minimum atomic E-state index is 0.269. The molecular weight excluding hydrogens is 226 g/mol. The zero-order chi connectivity index (χ0) is 12.4. The Balaban J connectivity index is 1.85. The minimum absolute atomic E-state index is 0.269. The third-order valence-electron chi connectivity index (χ3n) is 3.43. The molecule has 0 bridgehead atoms. The highest BCUT2D eigenvalue weighted by Crippen LogP contribution is 2.22. The van der Waals surface area contributed by atoms with E-state index in [1.807, 2.05) is 24.3 Å². The van der Waals surface area contributed by atoms with Crippen molar-refractivity contribution < 1.29 is 4.74 Å². The number of hydrogen-bond acceptors (Lipinski definition) is 4. The van der Waals surface area contributed by atoms with Gasteiger partial charge in [0, 0.05) is 12.0 Å².